The number of amides is 1. The van der Waals surface area contributed by atoms with Gasteiger partial charge in [-0.2, -0.15) is 0 Å². The maximum Gasteiger partial charge on any atom is 0.329 e. The minimum Gasteiger partial charge on any atom is -0.480 e. The fourth-order valence-corrected chi connectivity index (χ4v) is 2.82. The Bertz CT molecular complexity index is 538. The average Bonchev–Trinajstić information content (AvgIpc) is 2.42. The summed E-state index contributed by atoms with van der Waals surface area (Å²) in [6.07, 6.45) is 0.576. The van der Waals surface area contributed by atoms with E-state index in [0.717, 1.165) is 9.13 Å². The number of rotatable bonds is 3. The highest BCUT2D eigenvalue weighted by atomic mass is 127. The molecular weight excluding hydrogens is 373 g/mol. The van der Waals surface area contributed by atoms with Gasteiger partial charge in [-0.3, -0.25) is 4.79 Å². The van der Waals surface area contributed by atoms with E-state index in [1.54, 1.807) is 12.1 Å². The second-order valence-electron chi connectivity index (χ2n) is 4.89. The number of carbonyl (C=O) groups excluding carboxylic acids is 1. The first-order chi connectivity index (χ1) is 9.46. The van der Waals surface area contributed by atoms with Gasteiger partial charge in [0.1, 0.15) is 5.54 Å². The van der Waals surface area contributed by atoms with Gasteiger partial charge in [-0.1, -0.05) is 12.1 Å². The zero-order valence-electron chi connectivity index (χ0n) is 11.1. The quantitative estimate of drug-likeness (QED) is 0.776. The van der Waals surface area contributed by atoms with E-state index in [0.29, 0.717) is 18.8 Å². The molecule has 0 radical (unpaired) electrons. The fraction of sp³-hybridized carbons (Fsp3) is 0.429. The largest absolute Gasteiger partial charge is 0.480 e. The van der Waals surface area contributed by atoms with E-state index >= 15 is 0 Å². The van der Waals surface area contributed by atoms with Crippen molar-refractivity contribution in [2.24, 2.45) is 0 Å². The first kappa shape index (κ1) is 15.2. The maximum atomic E-state index is 12.4. The summed E-state index contributed by atoms with van der Waals surface area (Å²) in [7, 11) is 0. The van der Waals surface area contributed by atoms with E-state index in [9.17, 15) is 14.7 Å². The molecule has 2 N–H and O–H groups in total. The van der Waals surface area contributed by atoms with Crippen LogP contribution in [0.15, 0.2) is 18.2 Å². The van der Waals surface area contributed by atoms with Gasteiger partial charge in [0.2, 0.25) is 0 Å². The van der Waals surface area contributed by atoms with Crippen LogP contribution in [-0.2, 0) is 9.53 Å². The number of ether oxygens (including phenoxy) is 1. The lowest BCUT2D eigenvalue weighted by Crippen LogP contribution is -2.57. The molecule has 1 aromatic rings. The molecule has 6 heteroatoms. The number of nitrogens with one attached hydrogen (secondary N) is 1. The number of aliphatic carboxylic acids is 1. The van der Waals surface area contributed by atoms with E-state index in [-0.39, 0.29) is 18.7 Å². The van der Waals surface area contributed by atoms with E-state index in [1.165, 1.54) is 0 Å². The van der Waals surface area contributed by atoms with Crippen LogP contribution >= 0.6 is 22.6 Å². The highest BCUT2D eigenvalue weighted by Gasteiger charge is 2.41. The lowest BCUT2D eigenvalue weighted by molar-refractivity contribution is -0.148. The van der Waals surface area contributed by atoms with Crippen molar-refractivity contribution in [1.29, 1.82) is 0 Å². The molecule has 1 aromatic carbocycles. The van der Waals surface area contributed by atoms with Gasteiger partial charge in [-0.25, -0.2) is 4.79 Å². The Labute approximate surface area is 130 Å². The normalized spacial score (nSPS) is 17.5. The van der Waals surface area contributed by atoms with Crippen molar-refractivity contribution in [1.82, 2.24) is 5.32 Å². The third kappa shape index (κ3) is 2.95. The molecule has 0 saturated carbocycles. The van der Waals surface area contributed by atoms with Crippen molar-refractivity contribution < 1.29 is 19.4 Å². The molecule has 0 atom stereocenters. The van der Waals surface area contributed by atoms with E-state index in [4.69, 9.17) is 4.74 Å². The van der Waals surface area contributed by atoms with Crippen LogP contribution in [0, 0.1) is 10.5 Å². The second kappa shape index (κ2) is 6.09. The van der Waals surface area contributed by atoms with Crippen molar-refractivity contribution in [2.75, 3.05) is 13.2 Å². The Hall–Kier alpha value is -1.15. The molecule has 1 aliphatic heterocycles. The number of carbonyl (C=O) groups is 2. The third-order valence-corrected chi connectivity index (χ3v) is 4.98. The van der Waals surface area contributed by atoms with E-state index in [2.05, 4.69) is 27.9 Å². The summed E-state index contributed by atoms with van der Waals surface area (Å²) in [4.78, 5) is 23.9. The van der Waals surface area contributed by atoms with Crippen LogP contribution < -0.4 is 5.32 Å². The monoisotopic (exact) mass is 389 g/mol. The van der Waals surface area contributed by atoms with Gasteiger partial charge >= 0.3 is 5.97 Å². The summed E-state index contributed by atoms with van der Waals surface area (Å²) in [6, 6.07) is 5.42. The van der Waals surface area contributed by atoms with Gasteiger partial charge in [-0.15, -0.1) is 0 Å². The first-order valence-electron chi connectivity index (χ1n) is 6.35. The Morgan fingerprint density at radius 2 is 2.00 bits per heavy atom. The molecule has 1 saturated heterocycles. The van der Waals surface area contributed by atoms with Crippen molar-refractivity contribution >= 4 is 34.5 Å². The molecule has 0 aliphatic carbocycles. The molecule has 5 nitrogen and oxygen atoms in total. The van der Waals surface area contributed by atoms with Crippen LogP contribution in [0.3, 0.4) is 0 Å². The highest BCUT2D eigenvalue weighted by molar-refractivity contribution is 14.1. The summed E-state index contributed by atoms with van der Waals surface area (Å²) >= 11 is 2.10. The highest BCUT2D eigenvalue weighted by Crippen LogP contribution is 2.23. The van der Waals surface area contributed by atoms with Crippen LogP contribution in [-0.4, -0.2) is 35.7 Å². The number of hydrogen-bond donors (Lipinski definition) is 2. The average molecular weight is 389 g/mol. The predicted octanol–water partition coefficient (Wildman–Crippen LogP) is 1.96. The van der Waals surface area contributed by atoms with Crippen molar-refractivity contribution in [3.63, 3.8) is 0 Å². The Morgan fingerprint density at radius 1 is 1.35 bits per heavy atom. The fourth-order valence-electron chi connectivity index (χ4n) is 2.22. The van der Waals surface area contributed by atoms with Crippen molar-refractivity contribution in [2.45, 2.75) is 25.3 Å². The molecule has 108 valence electrons. The molecule has 1 heterocycles. The smallest absolute Gasteiger partial charge is 0.329 e. The minimum atomic E-state index is -1.22. The molecule has 1 amide bonds. The van der Waals surface area contributed by atoms with Crippen LogP contribution in [0.2, 0.25) is 0 Å². The zero-order chi connectivity index (χ0) is 14.8. The summed E-state index contributed by atoms with van der Waals surface area (Å²) < 4.78 is 6.03. The van der Waals surface area contributed by atoms with E-state index in [1.807, 2.05) is 13.0 Å². The molecule has 0 bridgehead atoms. The molecule has 1 fully saturated rings. The predicted molar refractivity (Wildman–Crippen MR) is 81.8 cm³/mol. The molecule has 2 rings (SSSR count). The Morgan fingerprint density at radius 3 is 2.60 bits per heavy atom. The van der Waals surface area contributed by atoms with Crippen LogP contribution in [0.25, 0.3) is 0 Å². The molecule has 1 aliphatic rings. The van der Waals surface area contributed by atoms with Crippen molar-refractivity contribution in [3.8, 4) is 0 Å². The van der Waals surface area contributed by atoms with Crippen molar-refractivity contribution in [3.05, 3.63) is 32.9 Å². The molecule has 0 unspecified atom stereocenters. The number of carboxylic acid groups (broad SMARTS) is 1. The lowest BCUT2D eigenvalue weighted by atomic mass is 9.89. The van der Waals surface area contributed by atoms with Crippen LogP contribution in [0.4, 0.5) is 0 Å². The maximum absolute atomic E-state index is 12.4. The lowest BCUT2D eigenvalue weighted by Gasteiger charge is -2.34. The standard InChI is InChI=1S/C14H16INO4/c1-9-3-2-4-10(11(9)15)12(17)16-14(13(18)19)5-7-20-8-6-14/h2-4H,5-8H2,1H3,(H,16,17)(H,18,19). The zero-order valence-corrected chi connectivity index (χ0v) is 13.3. The van der Waals surface area contributed by atoms with Gasteiger partial charge < -0.3 is 15.2 Å². The number of carboxylic acids is 1. The number of hydrogen-bond acceptors (Lipinski definition) is 3. The van der Waals surface area contributed by atoms with Crippen LogP contribution in [0.5, 0.6) is 0 Å². The number of benzene rings is 1. The molecule has 0 spiro atoms. The molecule has 0 aromatic heterocycles. The SMILES string of the molecule is Cc1cccc(C(=O)NC2(C(=O)O)CCOCC2)c1I. The summed E-state index contributed by atoms with van der Waals surface area (Å²) in [5.41, 5.74) is 0.287. The van der Waals surface area contributed by atoms with Gasteiger partial charge in [0.05, 0.1) is 5.56 Å². The van der Waals surface area contributed by atoms with Gasteiger partial charge in [0, 0.05) is 29.6 Å². The third-order valence-electron chi connectivity index (χ3n) is 3.54. The minimum absolute atomic E-state index is 0.288. The number of halogens is 1. The van der Waals surface area contributed by atoms with Crippen LogP contribution in [0.1, 0.15) is 28.8 Å². The summed E-state index contributed by atoms with van der Waals surface area (Å²) in [6.45, 7) is 2.61. The summed E-state index contributed by atoms with van der Waals surface area (Å²) in [5.74, 6) is -1.35. The van der Waals surface area contributed by atoms with E-state index < -0.39 is 11.5 Å². The number of aryl methyl sites for hydroxylation is 1. The van der Waals surface area contributed by atoms with Gasteiger partial charge in [0.15, 0.2) is 0 Å². The second-order valence-corrected chi connectivity index (χ2v) is 5.97. The Kier molecular flexibility index (Phi) is 4.64. The topological polar surface area (TPSA) is 75.6 Å². The molecule has 20 heavy (non-hydrogen) atoms. The van der Waals surface area contributed by atoms with Gasteiger partial charge in [-0.05, 0) is 41.1 Å². The molecular formula is C14H16INO4. The Balaban J connectivity index is 2.25. The summed E-state index contributed by atoms with van der Waals surface area (Å²) in [5, 5.41) is 12.1. The van der Waals surface area contributed by atoms with Gasteiger partial charge in [0.25, 0.3) is 5.91 Å². The first-order valence-corrected chi connectivity index (χ1v) is 7.43.